The van der Waals surface area contributed by atoms with Crippen molar-refractivity contribution in [1.29, 1.82) is 0 Å². The van der Waals surface area contributed by atoms with Gasteiger partial charge in [-0.15, -0.1) is 0 Å². The van der Waals surface area contributed by atoms with Gasteiger partial charge in [-0.2, -0.15) is 0 Å². The van der Waals surface area contributed by atoms with Gasteiger partial charge in [0.1, 0.15) is 0 Å². The highest BCUT2D eigenvalue weighted by atomic mass is 15.1. The fourth-order valence-corrected chi connectivity index (χ4v) is 1.59. The van der Waals surface area contributed by atoms with Crippen LogP contribution < -0.4 is 16.0 Å². The van der Waals surface area contributed by atoms with Gasteiger partial charge < -0.3 is 16.0 Å². The number of benzene rings is 1. The molecule has 4 heteroatoms. The van der Waals surface area contributed by atoms with Crippen LogP contribution in [0.25, 0.3) is 0 Å². The Bertz CT molecular complexity index is 396. The monoisotopic (exact) mass is 234 g/mol. The molecule has 0 aliphatic heterocycles. The zero-order valence-corrected chi connectivity index (χ0v) is 11.1. The fraction of sp³-hybridized carbons (Fsp3) is 0.462. The Hall–Kier alpha value is -1.71. The standard InChI is InChI=1S/C13H22N4/c1-5-8-15-13(14)16-11-7-6-10(2)12(9-11)17(3)4/h6-7,9H,5,8H2,1-4H3,(H3,14,15,16). The summed E-state index contributed by atoms with van der Waals surface area (Å²) in [6.07, 6.45) is 0.999. The molecule has 0 fully saturated rings. The molecule has 0 aromatic heterocycles. The van der Waals surface area contributed by atoms with Crippen molar-refractivity contribution in [3.8, 4) is 0 Å². The summed E-state index contributed by atoms with van der Waals surface area (Å²) in [6, 6.07) is 6.16. The summed E-state index contributed by atoms with van der Waals surface area (Å²) >= 11 is 0. The van der Waals surface area contributed by atoms with Gasteiger partial charge in [-0.25, -0.2) is 0 Å². The molecule has 1 rings (SSSR count). The van der Waals surface area contributed by atoms with Crippen LogP contribution in [-0.4, -0.2) is 26.6 Å². The van der Waals surface area contributed by atoms with Gasteiger partial charge in [0, 0.05) is 32.0 Å². The minimum Gasteiger partial charge on any atom is -0.377 e. The van der Waals surface area contributed by atoms with Crippen molar-refractivity contribution in [1.82, 2.24) is 0 Å². The average molecular weight is 234 g/mol. The lowest BCUT2D eigenvalue weighted by Crippen LogP contribution is -2.23. The predicted molar refractivity (Wildman–Crippen MR) is 75.9 cm³/mol. The number of nitrogens with zero attached hydrogens (tertiary/aromatic N) is 2. The molecule has 17 heavy (non-hydrogen) atoms. The van der Waals surface area contributed by atoms with Gasteiger partial charge in [-0.3, -0.25) is 4.99 Å². The average Bonchev–Trinajstić information content (AvgIpc) is 2.28. The number of hydrogen-bond donors (Lipinski definition) is 2. The largest absolute Gasteiger partial charge is 0.377 e. The van der Waals surface area contributed by atoms with Crippen LogP contribution in [0.3, 0.4) is 0 Å². The number of rotatable bonds is 4. The third kappa shape index (κ3) is 3.98. The second kappa shape index (κ2) is 6.13. The van der Waals surface area contributed by atoms with Crippen LogP contribution in [0.15, 0.2) is 23.2 Å². The van der Waals surface area contributed by atoms with E-state index in [0.29, 0.717) is 5.96 Å². The number of hydrogen-bond acceptors (Lipinski definition) is 2. The van der Waals surface area contributed by atoms with E-state index in [9.17, 15) is 0 Å². The Labute approximate surface area is 104 Å². The molecule has 0 radical (unpaired) electrons. The Balaban J connectivity index is 2.82. The molecule has 0 aliphatic rings. The summed E-state index contributed by atoms with van der Waals surface area (Å²) in [4.78, 5) is 6.29. The molecule has 0 saturated carbocycles. The Kier molecular flexibility index (Phi) is 4.82. The summed E-state index contributed by atoms with van der Waals surface area (Å²) < 4.78 is 0. The van der Waals surface area contributed by atoms with Gasteiger partial charge in [0.25, 0.3) is 0 Å². The lowest BCUT2D eigenvalue weighted by Gasteiger charge is -2.17. The Morgan fingerprint density at radius 3 is 2.71 bits per heavy atom. The van der Waals surface area contributed by atoms with E-state index in [0.717, 1.165) is 18.7 Å². The van der Waals surface area contributed by atoms with E-state index in [1.165, 1.54) is 11.3 Å². The highest BCUT2D eigenvalue weighted by molar-refractivity contribution is 5.92. The minimum absolute atomic E-state index is 0.473. The van der Waals surface area contributed by atoms with Crippen molar-refractivity contribution >= 4 is 17.3 Å². The maximum Gasteiger partial charge on any atom is 0.193 e. The van der Waals surface area contributed by atoms with Crippen LogP contribution >= 0.6 is 0 Å². The van der Waals surface area contributed by atoms with Gasteiger partial charge in [-0.05, 0) is 31.0 Å². The molecule has 0 heterocycles. The summed E-state index contributed by atoms with van der Waals surface area (Å²) in [6.45, 7) is 4.92. The number of nitrogens with one attached hydrogen (secondary N) is 1. The SMILES string of the molecule is CCCN=C(N)Nc1ccc(C)c(N(C)C)c1. The summed E-state index contributed by atoms with van der Waals surface area (Å²) in [5, 5.41) is 3.10. The van der Waals surface area contributed by atoms with Crippen LogP contribution in [0.5, 0.6) is 0 Å². The first kappa shape index (κ1) is 13.4. The third-order valence-electron chi connectivity index (χ3n) is 2.47. The molecule has 0 spiro atoms. The summed E-state index contributed by atoms with van der Waals surface area (Å²) in [5.41, 5.74) is 9.17. The molecule has 0 saturated heterocycles. The van der Waals surface area contributed by atoms with Crippen LogP contribution in [0.2, 0.25) is 0 Å². The van der Waals surface area contributed by atoms with Crippen molar-refractivity contribution in [3.05, 3.63) is 23.8 Å². The van der Waals surface area contributed by atoms with Gasteiger partial charge in [0.15, 0.2) is 5.96 Å². The maximum atomic E-state index is 5.78. The van der Waals surface area contributed by atoms with Crippen molar-refractivity contribution in [3.63, 3.8) is 0 Å². The van der Waals surface area contributed by atoms with Crippen LogP contribution in [-0.2, 0) is 0 Å². The first-order chi connectivity index (χ1) is 8.04. The van der Waals surface area contributed by atoms with Gasteiger partial charge >= 0.3 is 0 Å². The molecule has 0 unspecified atom stereocenters. The van der Waals surface area contributed by atoms with E-state index in [4.69, 9.17) is 5.73 Å². The second-order valence-electron chi connectivity index (χ2n) is 4.29. The van der Waals surface area contributed by atoms with Gasteiger partial charge in [0.2, 0.25) is 0 Å². The van der Waals surface area contributed by atoms with Crippen molar-refractivity contribution in [2.24, 2.45) is 10.7 Å². The topological polar surface area (TPSA) is 53.6 Å². The molecule has 0 amide bonds. The molecule has 1 aromatic rings. The number of guanidine groups is 1. The highest BCUT2D eigenvalue weighted by Crippen LogP contribution is 2.22. The number of aryl methyl sites for hydroxylation is 1. The zero-order chi connectivity index (χ0) is 12.8. The summed E-state index contributed by atoms with van der Waals surface area (Å²) in [7, 11) is 4.06. The maximum absolute atomic E-state index is 5.78. The van der Waals surface area contributed by atoms with E-state index < -0.39 is 0 Å². The molecule has 0 aliphatic carbocycles. The molecule has 0 bridgehead atoms. The third-order valence-corrected chi connectivity index (χ3v) is 2.47. The lowest BCUT2D eigenvalue weighted by atomic mass is 10.1. The predicted octanol–water partition coefficient (Wildman–Crippen LogP) is 2.20. The molecule has 94 valence electrons. The van der Waals surface area contributed by atoms with Crippen LogP contribution in [0, 0.1) is 6.92 Å². The highest BCUT2D eigenvalue weighted by Gasteiger charge is 2.02. The van der Waals surface area contributed by atoms with E-state index >= 15 is 0 Å². The van der Waals surface area contributed by atoms with E-state index in [1.807, 2.05) is 20.2 Å². The van der Waals surface area contributed by atoms with Crippen LogP contribution in [0.1, 0.15) is 18.9 Å². The molecular weight excluding hydrogens is 212 g/mol. The number of aliphatic imine (C=N–C) groups is 1. The van der Waals surface area contributed by atoms with Gasteiger partial charge in [-0.1, -0.05) is 13.0 Å². The van der Waals surface area contributed by atoms with E-state index in [1.54, 1.807) is 0 Å². The fourth-order valence-electron chi connectivity index (χ4n) is 1.59. The molecule has 1 aromatic carbocycles. The Morgan fingerprint density at radius 1 is 1.41 bits per heavy atom. The van der Waals surface area contributed by atoms with Gasteiger partial charge in [0.05, 0.1) is 0 Å². The first-order valence-electron chi connectivity index (χ1n) is 5.89. The quantitative estimate of drug-likeness (QED) is 0.620. The first-order valence-corrected chi connectivity index (χ1v) is 5.89. The van der Waals surface area contributed by atoms with Crippen molar-refractivity contribution in [2.75, 3.05) is 30.9 Å². The zero-order valence-electron chi connectivity index (χ0n) is 11.1. The minimum atomic E-state index is 0.473. The molecular formula is C13H22N4. The van der Waals surface area contributed by atoms with Crippen molar-refractivity contribution in [2.45, 2.75) is 20.3 Å². The van der Waals surface area contributed by atoms with Crippen LogP contribution in [0.4, 0.5) is 11.4 Å². The van der Waals surface area contributed by atoms with E-state index in [-0.39, 0.29) is 0 Å². The smallest absolute Gasteiger partial charge is 0.193 e. The summed E-state index contributed by atoms with van der Waals surface area (Å²) in [5.74, 6) is 0.473. The Morgan fingerprint density at radius 2 is 2.12 bits per heavy atom. The van der Waals surface area contributed by atoms with E-state index in [2.05, 4.69) is 41.2 Å². The normalized spacial score (nSPS) is 11.4. The van der Waals surface area contributed by atoms with Crippen molar-refractivity contribution < 1.29 is 0 Å². The number of nitrogens with two attached hydrogens (primary N) is 1. The second-order valence-corrected chi connectivity index (χ2v) is 4.29. The number of anilines is 2. The lowest BCUT2D eigenvalue weighted by molar-refractivity contribution is 0.929. The molecule has 0 atom stereocenters. The molecule has 4 nitrogen and oxygen atoms in total. The molecule has 3 N–H and O–H groups in total.